The fraction of sp³-hybridized carbons (Fsp3) is 0.533. The monoisotopic (exact) mass is 279 g/mol. The molecule has 0 unspecified atom stereocenters. The molecule has 1 aliphatic rings. The number of ether oxygens (including phenoxy) is 1. The van der Waals surface area contributed by atoms with E-state index >= 15 is 0 Å². The summed E-state index contributed by atoms with van der Waals surface area (Å²) in [7, 11) is 0. The van der Waals surface area contributed by atoms with Gasteiger partial charge in [0, 0.05) is 17.5 Å². The Morgan fingerprint density at radius 3 is 2.63 bits per heavy atom. The van der Waals surface area contributed by atoms with Gasteiger partial charge in [-0.3, -0.25) is 4.79 Å². The van der Waals surface area contributed by atoms with Crippen LogP contribution in [-0.2, 0) is 16.1 Å². The molecular weight excluding hydrogens is 258 g/mol. The number of benzene rings is 1. The molecule has 1 aromatic carbocycles. The van der Waals surface area contributed by atoms with Crippen LogP contribution in [0.5, 0.6) is 0 Å². The van der Waals surface area contributed by atoms with Crippen LogP contribution >= 0.6 is 11.8 Å². The molecule has 0 atom stereocenters. The van der Waals surface area contributed by atoms with Crippen molar-refractivity contribution in [3.63, 3.8) is 0 Å². The van der Waals surface area contributed by atoms with Crippen molar-refractivity contribution in [3.8, 4) is 0 Å². The van der Waals surface area contributed by atoms with Crippen LogP contribution in [0.2, 0.25) is 0 Å². The van der Waals surface area contributed by atoms with E-state index < -0.39 is 0 Å². The Bertz CT molecular complexity index is 413. The number of hydrogen-bond donors (Lipinski definition) is 1. The van der Waals surface area contributed by atoms with Gasteiger partial charge in [0.25, 0.3) is 0 Å². The third-order valence-corrected chi connectivity index (χ3v) is 3.80. The van der Waals surface area contributed by atoms with E-state index in [0.717, 1.165) is 17.5 Å². The summed E-state index contributed by atoms with van der Waals surface area (Å²) in [5.41, 5.74) is 1.29. The Kier molecular flexibility index (Phi) is 5.28. The SMILES string of the molecule is CC(C)OC(=O)CSc1ccc(CNC2CC2)cc1. The Labute approximate surface area is 119 Å². The van der Waals surface area contributed by atoms with Crippen LogP contribution in [0, 0.1) is 0 Å². The third kappa shape index (κ3) is 5.66. The standard InChI is InChI=1S/C15H21NO2S/c1-11(2)18-15(17)10-19-14-7-3-12(4-8-14)9-16-13-5-6-13/h3-4,7-8,11,13,16H,5-6,9-10H2,1-2H3. The minimum atomic E-state index is -0.153. The van der Waals surface area contributed by atoms with Crippen LogP contribution in [0.15, 0.2) is 29.2 Å². The number of esters is 1. The summed E-state index contributed by atoms with van der Waals surface area (Å²) in [6.45, 7) is 4.67. The molecule has 1 fully saturated rings. The lowest BCUT2D eigenvalue weighted by Crippen LogP contribution is -2.15. The highest BCUT2D eigenvalue weighted by Crippen LogP contribution is 2.21. The molecule has 1 N–H and O–H groups in total. The molecule has 0 spiro atoms. The molecule has 1 aliphatic carbocycles. The van der Waals surface area contributed by atoms with Crippen LogP contribution in [0.4, 0.5) is 0 Å². The molecule has 0 amide bonds. The Hall–Kier alpha value is -1.00. The van der Waals surface area contributed by atoms with Crippen LogP contribution in [0.25, 0.3) is 0 Å². The van der Waals surface area contributed by atoms with Gasteiger partial charge >= 0.3 is 5.97 Å². The number of carbonyl (C=O) groups excluding carboxylic acids is 1. The second-order valence-electron chi connectivity index (χ2n) is 5.13. The molecule has 0 aliphatic heterocycles. The first-order chi connectivity index (χ1) is 9.13. The maximum atomic E-state index is 11.4. The summed E-state index contributed by atoms with van der Waals surface area (Å²) in [4.78, 5) is 12.5. The molecule has 19 heavy (non-hydrogen) atoms. The fourth-order valence-corrected chi connectivity index (χ4v) is 2.37. The van der Waals surface area contributed by atoms with E-state index in [1.807, 2.05) is 13.8 Å². The van der Waals surface area contributed by atoms with Crippen molar-refractivity contribution >= 4 is 17.7 Å². The van der Waals surface area contributed by atoms with Gasteiger partial charge in [-0.25, -0.2) is 0 Å². The zero-order valence-electron chi connectivity index (χ0n) is 11.5. The lowest BCUT2D eigenvalue weighted by Gasteiger charge is -2.08. The van der Waals surface area contributed by atoms with E-state index in [1.165, 1.54) is 30.2 Å². The highest BCUT2D eigenvalue weighted by molar-refractivity contribution is 8.00. The summed E-state index contributed by atoms with van der Waals surface area (Å²) in [6, 6.07) is 9.10. The van der Waals surface area contributed by atoms with Crippen molar-refractivity contribution in [1.82, 2.24) is 5.32 Å². The maximum absolute atomic E-state index is 11.4. The number of thioether (sulfide) groups is 1. The molecule has 0 aromatic heterocycles. The van der Waals surface area contributed by atoms with Crippen LogP contribution in [-0.4, -0.2) is 23.9 Å². The molecule has 1 aromatic rings. The molecule has 0 bridgehead atoms. The normalized spacial score (nSPS) is 14.7. The molecule has 4 heteroatoms. The van der Waals surface area contributed by atoms with Gasteiger partial charge in [-0.1, -0.05) is 12.1 Å². The minimum Gasteiger partial charge on any atom is -0.462 e. The average molecular weight is 279 g/mol. The van der Waals surface area contributed by atoms with Crippen molar-refractivity contribution in [2.24, 2.45) is 0 Å². The van der Waals surface area contributed by atoms with Gasteiger partial charge in [0.1, 0.15) is 0 Å². The van der Waals surface area contributed by atoms with Gasteiger partial charge in [-0.05, 0) is 44.4 Å². The fourth-order valence-electron chi connectivity index (χ4n) is 1.69. The first kappa shape index (κ1) is 14.4. The molecule has 0 heterocycles. The quantitative estimate of drug-likeness (QED) is 0.615. The number of carbonyl (C=O) groups is 1. The summed E-state index contributed by atoms with van der Waals surface area (Å²) in [5.74, 6) is 0.220. The predicted octanol–water partition coefficient (Wildman–Crippen LogP) is 2.98. The van der Waals surface area contributed by atoms with Crippen molar-refractivity contribution in [1.29, 1.82) is 0 Å². The molecule has 2 rings (SSSR count). The second-order valence-corrected chi connectivity index (χ2v) is 6.18. The van der Waals surface area contributed by atoms with E-state index in [4.69, 9.17) is 4.74 Å². The van der Waals surface area contributed by atoms with E-state index in [-0.39, 0.29) is 12.1 Å². The summed E-state index contributed by atoms with van der Waals surface area (Å²) >= 11 is 1.52. The number of nitrogens with one attached hydrogen (secondary N) is 1. The van der Waals surface area contributed by atoms with E-state index in [0.29, 0.717) is 5.75 Å². The molecule has 104 valence electrons. The van der Waals surface area contributed by atoms with E-state index in [9.17, 15) is 4.79 Å². The van der Waals surface area contributed by atoms with E-state index in [2.05, 4.69) is 29.6 Å². The van der Waals surface area contributed by atoms with Gasteiger partial charge in [0.05, 0.1) is 11.9 Å². The number of hydrogen-bond acceptors (Lipinski definition) is 4. The first-order valence-electron chi connectivity index (χ1n) is 6.78. The van der Waals surface area contributed by atoms with Gasteiger partial charge in [-0.15, -0.1) is 11.8 Å². The van der Waals surface area contributed by atoms with Gasteiger partial charge in [0.15, 0.2) is 0 Å². The summed E-state index contributed by atoms with van der Waals surface area (Å²) in [6.07, 6.45) is 2.58. The summed E-state index contributed by atoms with van der Waals surface area (Å²) < 4.78 is 5.10. The van der Waals surface area contributed by atoms with Crippen LogP contribution in [0.1, 0.15) is 32.3 Å². The van der Waals surface area contributed by atoms with Gasteiger partial charge < -0.3 is 10.1 Å². The molecule has 0 radical (unpaired) electrons. The maximum Gasteiger partial charge on any atom is 0.316 e. The summed E-state index contributed by atoms with van der Waals surface area (Å²) in [5, 5.41) is 3.48. The first-order valence-corrected chi connectivity index (χ1v) is 7.76. The number of rotatable bonds is 7. The van der Waals surface area contributed by atoms with Crippen LogP contribution < -0.4 is 5.32 Å². The second kappa shape index (κ2) is 6.96. The lowest BCUT2D eigenvalue weighted by atomic mass is 10.2. The highest BCUT2D eigenvalue weighted by atomic mass is 32.2. The van der Waals surface area contributed by atoms with Crippen molar-refractivity contribution in [2.45, 2.75) is 50.3 Å². The zero-order chi connectivity index (χ0) is 13.7. The molecule has 1 saturated carbocycles. The highest BCUT2D eigenvalue weighted by Gasteiger charge is 2.19. The van der Waals surface area contributed by atoms with Crippen molar-refractivity contribution in [2.75, 3.05) is 5.75 Å². The largest absolute Gasteiger partial charge is 0.462 e. The van der Waals surface area contributed by atoms with Crippen molar-refractivity contribution < 1.29 is 9.53 Å². The third-order valence-electron chi connectivity index (χ3n) is 2.82. The minimum absolute atomic E-state index is 0.0380. The Morgan fingerprint density at radius 1 is 1.37 bits per heavy atom. The van der Waals surface area contributed by atoms with Gasteiger partial charge in [0.2, 0.25) is 0 Å². The molecule has 0 saturated heterocycles. The van der Waals surface area contributed by atoms with Gasteiger partial charge in [-0.2, -0.15) is 0 Å². The van der Waals surface area contributed by atoms with E-state index in [1.54, 1.807) is 0 Å². The molecule has 3 nitrogen and oxygen atoms in total. The predicted molar refractivity (Wildman–Crippen MR) is 78.3 cm³/mol. The lowest BCUT2D eigenvalue weighted by molar-refractivity contribution is -0.144. The van der Waals surface area contributed by atoms with Crippen LogP contribution in [0.3, 0.4) is 0 Å². The smallest absolute Gasteiger partial charge is 0.316 e. The van der Waals surface area contributed by atoms with Crippen molar-refractivity contribution in [3.05, 3.63) is 29.8 Å². The Morgan fingerprint density at radius 2 is 2.05 bits per heavy atom. The molecular formula is C15H21NO2S. The Balaban J connectivity index is 1.72. The topological polar surface area (TPSA) is 38.3 Å². The average Bonchev–Trinajstić information content (AvgIpc) is 3.18. The zero-order valence-corrected chi connectivity index (χ0v) is 12.3.